The van der Waals surface area contributed by atoms with Gasteiger partial charge in [-0.3, -0.25) is 4.79 Å². The van der Waals surface area contributed by atoms with Crippen LogP contribution in [0.25, 0.3) is 0 Å². The molecular formula is C15H23N5O3S. The van der Waals surface area contributed by atoms with E-state index >= 15 is 0 Å². The summed E-state index contributed by atoms with van der Waals surface area (Å²) >= 11 is 0. The normalized spacial score (nSPS) is 21.8. The van der Waals surface area contributed by atoms with Gasteiger partial charge in [0.15, 0.2) is 5.69 Å². The Kier molecular flexibility index (Phi) is 5.12. The number of hydrogen-bond acceptors (Lipinski definition) is 6. The summed E-state index contributed by atoms with van der Waals surface area (Å²) in [7, 11) is -1.55. The van der Waals surface area contributed by atoms with Gasteiger partial charge in [-0.15, -0.1) is 5.10 Å². The molecule has 0 radical (unpaired) electrons. The summed E-state index contributed by atoms with van der Waals surface area (Å²) in [5, 5.41) is 13.5. The molecule has 1 aliphatic heterocycles. The fraction of sp³-hybridized carbons (Fsp3) is 0.667. The zero-order chi connectivity index (χ0) is 17.2. The molecule has 9 heteroatoms. The predicted octanol–water partition coefficient (Wildman–Crippen LogP) is -0.293. The first kappa shape index (κ1) is 17.2. The predicted molar refractivity (Wildman–Crippen MR) is 89.2 cm³/mol. The van der Waals surface area contributed by atoms with Crippen LogP contribution in [0.3, 0.4) is 0 Å². The van der Waals surface area contributed by atoms with E-state index in [1.54, 1.807) is 19.3 Å². The van der Waals surface area contributed by atoms with Crippen molar-refractivity contribution >= 4 is 15.9 Å². The van der Waals surface area contributed by atoms with E-state index in [-0.39, 0.29) is 17.7 Å². The Balaban J connectivity index is 1.57. The summed E-state index contributed by atoms with van der Waals surface area (Å²) in [5.41, 5.74) is 1.36. The van der Waals surface area contributed by atoms with Gasteiger partial charge in [0, 0.05) is 25.7 Å². The van der Waals surface area contributed by atoms with Gasteiger partial charge in [0.2, 0.25) is 10.0 Å². The van der Waals surface area contributed by atoms with E-state index < -0.39 is 10.0 Å². The smallest absolute Gasteiger partial charge is 0.272 e. The molecule has 1 saturated heterocycles. The van der Waals surface area contributed by atoms with Crippen molar-refractivity contribution in [3.8, 4) is 0 Å². The summed E-state index contributed by atoms with van der Waals surface area (Å²) in [6.45, 7) is 1.16. The second-order valence-electron chi connectivity index (χ2n) is 6.39. The Labute approximate surface area is 142 Å². The van der Waals surface area contributed by atoms with Gasteiger partial charge >= 0.3 is 0 Å². The van der Waals surface area contributed by atoms with Gasteiger partial charge < -0.3 is 10.6 Å². The minimum atomic E-state index is -3.27. The lowest BCUT2D eigenvalue weighted by Crippen LogP contribution is -2.40. The van der Waals surface area contributed by atoms with Crippen LogP contribution >= 0.6 is 0 Å². The van der Waals surface area contributed by atoms with Crippen LogP contribution in [0.5, 0.6) is 0 Å². The Morgan fingerprint density at radius 1 is 1.38 bits per heavy atom. The van der Waals surface area contributed by atoms with Gasteiger partial charge in [0.1, 0.15) is 0 Å². The first-order valence-corrected chi connectivity index (χ1v) is 9.86. The zero-order valence-electron chi connectivity index (χ0n) is 13.7. The highest BCUT2D eigenvalue weighted by molar-refractivity contribution is 7.89. The fourth-order valence-corrected chi connectivity index (χ4v) is 4.36. The first-order chi connectivity index (χ1) is 11.5. The van der Waals surface area contributed by atoms with Crippen LogP contribution in [0.15, 0.2) is 12.3 Å². The van der Waals surface area contributed by atoms with Gasteiger partial charge in [-0.05, 0) is 43.9 Å². The lowest BCUT2D eigenvalue weighted by atomic mass is 10.1. The van der Waals surface area contributed by atoms with E-state index in [9.17, 15) is 13.2 Å². The van der Waals surface area contributed by atoms with E-state index in [0.717, 1.165) is 18.4 Å². The van der Waals surface area contributed by atoms with Crippen molar-refractivity contribution in [3.63, 3.8) is 0 Å². The van der Waals surface area contributed by atoms with Crippen molar-refractivity contribution in [2.45, 2.75) is 31.2 Å². The average molecular weight is 353 g/mol. The number of sulfonamides is 1. The van der Waals surface area contributed by atoms with E-state index in [1.807, 2.05) is 0 Å². The van der Waals surface area contributed by atoms with Crippen molar-refractivity contribution in [2.24, 2.45) is 0 Å². The molecule has 2 heterocycles. The fourth-order valence-electron chi connectivity index (χ4n) is 2.85. The molecule has 1 aliphatic carbocycles. The third-order valence-corrected chi connectivity index (χ3v) is 6.29. The molecule has 1 saturated carbocycles. The number of nitrogens with one attached hydrogen (secondary N) is 2. The highest BCUT2D eigenvalue weighted by Gasteiger charge is 2.32. The molecule has 2 fully saturated rings. The molecule has 2 aliphatic rings. The second kappa shape index (κ2) is 7.12. The molecule has 1 atom stereocenters. The molecule has 0 bridgehead atoms. The van der Waals surface area contributed by atoms with E-state index in [1.165, 1.54) is 4.31 Å². The molecule has 3 rings (SSSR count). The summed E-state index contributed by atoms with van der Waals surface area (Å²) in [6, 6.07) is 1.60. The number of carbonyl (C=O) groups is 1. The summed E-state index contributed by atoms with van der Waals surface area (Å²) < 4.78 is 25.8. The van der Waals surface area contributed by atoms with Gasteiger partial charge in [0.25, 0.3) is 5.91 Å². The molecule has 8 nitrogen and oxygen atoms in total. The van der Waals surface area contributed by atoms with Crippen LogP contribution < -0.4 is 10.6 Å². The summed E-state index contributed by atoms with van der Waals surface area (Å²) in [6.07, 6.45) is 4.59. The maximum Gasteiger partial charge on any atom is 0.272 e. The minimum Gasteiger partial charge on any atom is -0.347 e. The van der Waals surface area contributed by atoms with Crippen LogP contribution in [-0.2, 0) is 10.0 Å². The Bertz CT molecular complexity index is 705. The molecule has 0 aromatic carbocycles. The SMILES string of the molecule is CNCCS(=O)(=O)N1CC[C@H](NC(=O)c2cc(C3CC3)cnn2)C1. The minimum absolute atomic E-state index is 0.0685. The van der Waals surface area contributed by atoms with Crippen LogP contribution in [0.1, 0.15) is 41.2 Å². The van der Waals surface area contributed by atoms with Crippen molar-refractivity contribution in [1.82, 2.24) is 25.1 Å². The number of hydrogen-bond donors (Lipinski definition) is 2. The van der Waals surface area contributed by atoms with Gasteiger partial charge in [0.05, 0.1) is 11.9 Å². The monoisotopic (exact) mass is 353 g/mol. The van der Waals surface area contributed by atoms with E-state index in [2.05, 4.69) is 20.8 Å². The molecule has 0 unspecified atom stereocenters. The average Bonchev–Trinajstić information content (AvgIpc) is 3.32. The zero-order valence-corrected chi connectivity index (χ0v) is 14.6. The second-order valence-corrected chi connectivity index (χ2v) is 8.47. The molecule has 1 amide bonds. The molecule has 24 heavy (non-hydrogen) atoms. The molecule has 132 valence electrons. The maximum atomic E-state index is 12.3. The largest absolute Gasteiger partial charge is 0.347 e. The van der Waals surface area contributed by atoms with Crippen LogP contribution in [0.4, 0.5) is 0 Å². The van der Waals surface area contributed by atoms with Crippen molar-refractivity contribution in [2.75, 3.05) is 32.4 Å². The lowest BCUT2D eigenvalue weighted by Gasteiger charge is -2.17. The van der Waals surface area contributed by atoms with Crippen molar-refractivity contribution < 1.29 is 13.2 Å². The molecule has 1 aromatic heterocycles. The summed E-state index contributed by atoms with van der Waals surface area (Å²) in [5.74, 6) is 0.287. The lowest BCUT2D eigenvalue weighted by molar-refractivity contribution is 0.0932. The highest BCUT2D eigenvalue weighted by atomic mass is 32.2. The topological polar surface area (TPSA) is 104 Å². The number of aromatic nitrogens is 2. The quantitative estimate of drug-likeness (QED) is 0.698. The number of carbonyl (C=O) groups excluding carboxylic acids is 1. The van der Waals surface area contributed by atoms with Gasteiger partial charge in [-0.1, -0.05) is 0 Å². The van der Waals surface area contributed by atoms with Crippen LogP contribution in [0, 0.1) is 0 Å². The first-order valence-electron chi connectivity index (χ1n) is 8.25. The van der Waals surface area contributed by atoms with E-state index in [0.29, 0.717) is 37.7 Å². The van der Waals surface area contributed by atoms with E-state index in [4.69, 9.17) is 0 Å². The van der Waals surface area contributed by atoms with Gasteiger partial charge in [-0.25, -0.2) is 8.42 Å². The number of amides is 1. The van der Waals surface area contributed by atoms with Crippen LogP contribution in [-0.4, -0.2) is 67.3 Å². The Morgan fingerprint density at radius 3 is 2.88 bits per heavy atom. The molecular weight excluding hydrogens is 330 g/mol. The van der Waals surface area contributed by atoms with Crippen molar-refractivity contribution in [3.05, 3.63) is 23.5 Å². The number of rotatable bonds is 7. The standard InChI is InChI=1S/C15H23N5O3S/c1-16-5-7-24(22,23)20-6-4-13(10-20)18-15(21)14-8-12(9-17-19-14)11-2-3-11/h8-9,11,13,16H,2-7,10H2,1H3,(H,18,21)/t13-/m0/s1. The third-order valence-electron chi connectivity index (χ3n) is 4.45. The Morgan fingerprint density at radius 2 is 2.17 bits per heavy atom. The molecule has 2 N–H and O–H groups in total. The third kappa shape index (κ3) is 4.08. The summed E-state index contributed by atoms with van der Waals surface area (Å²) in [4.78, 5) is 12.3. The van der Waals surface area contributed by atoms with Crippen molar-refractivity contribution in [1.29, 1.82) is 0 Å². The Hall–Kier alpha value is -1.58. The number of nitrogens with zero attached hydrogens (tertiary/aromatic N) is 3. The molecule has 1 aromatic rings. The molecule has 0 spiro atoms. The maximum absolute atomic E-state index is 12.3. The van der Waals surface area contributed by atoms with Gasteiger partial charge in [-0.2, -0.15) is 9.40 Å². The van der Waals surface area contributed by atoms with Crippen LogP contribution in [0.2, 0.25) is 0 Å². The highest BCUT2D eigenvalue weighted by Crippen LogP contribution is 2.39.